The summed E-state index contributed by atoms with van der Waals surface area (Å²) >= 11 is 0. The summed E-state index contributed by atoms with van der Waals surface area (Å²) in [7, 11) is 1.69. The van der Waals surface area contributed by atoms with E-state index in [2.05, 4.69) is 24.4 Å². The van der Waals surface area contributed by atoms with Crippen LogP contribution in [-0.4, -0.2) is 20.2 Å². The van der Waals surface area contributed by atoms with Gasteiger partial charge < -0.3 is 15.8 Å². The van der Waals surface area contributed by atoms with Crippen molar-refractivity contribution >= 4 is 0 Å². The lowest BCUT2D eigenvalue weighted by Crippen LogP contribution is -2.23. The first kappa shape index (κ1) is 13.0. The van der Waals surface area contributed by atoms with Gasteiger partial charge in [-0.05, 0) is 43.6 Å². The second kappa shape index (κ2) is 7.25. The van der Waals surface area contributed by atoms with Gasteiger partial charge in [0.2, 0.25) is 0 Å². The van der Waals surface area contributed by atoms with Crippen molar-refractivity contribution in [1.82, 2.24) is 5.32 Å². The Balaban J connectivity index is 2.56. The third-order valence-electron chi connectivity index (χ3n) is 2.70. The highest BCUT2D eigenvalue weighted by molar-refractivity contribution is 5.29. The highest BCUT2D eigenvalue weighted by Gasteiger charge is 2.07. The van der Waals surface area contributed by atoms with Gasteiger partial charge in [-0.15, -0.1) is 0 Å². The summed E-state index contributed by atoms with van der Waals surface area (Å²) in [5.74, 6) is 0.903. The molecule has 1 aromatic rings. The first-order valence-electron chi connectivity index (χ1n) is 5.89. The van der Waals surface area contributed by atoms with Crippen LogP contribution in [0.25, 0.3) is 0 Å². The summed E-state index contributed by atoms with van der Waals surface area (Å²) < 4.78 is 5.14. The van der Waals surface area contributed by atoms with Crippen LogP contribution in [0.3, 0.4) is 0 Å². The van der Waals surface area contributed by atoms with E-state index in [0.29, 0.717) is 6.04 Å². The molecule has 3 nitrogen and oxygen atoms in total. The van der Waals surface area contributed by atoms with Crippen molar-refractivity contribution in [2.75, 3.05) is 20.2 Å². The monoisotopic (exact) mass is 222 g/mol. The molecular formula is C13H22N2O. The fraction of sp³-hybridized carbons (Fsp3) is 0.538. The highest BCUT2D eigenvalue weighted by atomic mass is 16.5. The maximum Gasteiger partial charge on any atom is 0.118 e. The predicted molar refractivity (Wildman–Crippen MR) is 67.7 cm³/mol. The number of nitrogens with two attached hydrogens (primary N) is 1. The standard InChI is InChI=1S/C13H22N2O/c1-3-13(15-10-4-9-14)11-5-7-12(16-2)8-6-11/h5-8,13,15H,3-4,9-10,14H2,1-2H3. The van der Waals surface area contributed by atoms with Crippen molar-refractivity contribution in [1.29, 1.82) is 0 Å². The minimum absolute atomic E-state index is 0.414. The lowest BCUT2D eigenvalue weighted by atomic mass is 10.0. The van der Waals surface area contributed by atoms with Gasteiger partial charge in [0.25, 0.3) is 0 Å². The molecule has 0 radical (unpaired) electrons. The van der Waals surface area contributed by atoms with Crippen molar-refractivity contribution in [3.63, 3.8) is 0 Å². The predicted octanol–water partition coefficient (Wildman–Crippen LogP) is 2.08. The van der Waals surface area contributed by atoms with Gasteiger partial charge in [0.05, 0.1) is 7.11 Å². The molecule has 1 atom stereocenters. The molecule has 3 N–H and O–H groups in total. The van der Waals surface area contributed by atoms with E-state index in [1.165, 1.54) is 5.56 Å². The van der Waals surface area contributed by atoms with Gasteiger partial charge in [0.1, 0.15) is 5.75 Å². The van der Waals surface area contributed by atoms with E-state index < -0.39 is 0 Å². The molecule has 16 heavy (non-hydrogen) atoms. The Morgan fingerprint density at radius 2 is 2.00 bits per heavy atom. The molecule has 1 aromatic carbocycles. The fourth-order valence-electron chi connectivity index (χ4n) is 1.71. The molecule has 0 fully saturated rings. The molecule has 0 heterocycles. The molecule has 0 amide bonds. The zero-order chi connectivity index (χ0) is 11.8. The van der Waals surface area contributed by atoms with Gasteiger partial charge in [0.15, 0.2) is 0 Å². The molecule has 1 unspecified atom stereocenters. The van der Waals surface area contributed by atoms with Crippen LogP contribution < -0.4 is 15.8 Å². The quantitative estimate of drug-likeness (QED) is 0.694. The Morgan fingerprint density at radius 1 is 1.31 bits per heavy atom. The van der Waals surface area contributed by atoms with Gasteiger partial charge in [-0.3, -0.25) is 0 Å². The second-order valence-corrected chi connectivity index (χ2v) is 3.83. The average Bonchev–Trinajstić information content (AvgIpc) is 2.35. The molecule has 3 heteroatoms. The lowest BCUT2D eigenvalue weighted by molar-refractivity contribution is 0.414. The second-order valence-electron chi connectivity index (χ2n) is 3.83. The Morgan fingerprint density at radius 3 is 2.50 bits per heavy atom. The zero-order valence-electron chi connectivity index (χ0n) is 10.2. The summed E-state index contributed by atoms with van der Waals surface area (Å²) in [6.45, 7) is 3.90. The third-order valence-corrected chi connectivity index (χ3v) is 2.70. The van der Waals surface area contributed by atoms with Crippen LogP contribution in [0.15, 0.2) is 24.3 Å². The normalized spacial score (nSPS) is 12.4. The number of rotatable bonds is 7. The minimum atomic E-state index is 0.414. The fourth-order valence-corrected chi connectivity index (χ4v) is 1.71. The smallest absolute Gasteiger partial charge is 0.118 e. The summed E-state index contributed by atoms with van der Waals surface area (Å²) in [6.07, 6.45) is 2.10. The van der Waals surface area contributed by atoms with E-state index in [0.717, 1.165) is 31.7 Å². The van der Waals surface area contributed by atoms with Crippen LogP contribution in [-0.2, 0) is 0 Å². The maximum atomic E-state index is 5.48. The van der Waals surface area contributed by atoms with Gasteiger partial charge >= 0.3 is 0 Å². The topological polar surface area (TPSA) is 47.3 Å². The van der Waals surface area contributed by atoms with Gasteiger partial charge in [-0.25, -0.2) is 0 Å². The van der Waals surface area contributed by atoms with Crippen molar-refractivity contribution in [2.24, 2.45) is 5.73 Å². The van der Waals surface area contributed by atoms with Crippen molar-refractivity contribution in [3.05, 3.63) is 29.8 Å². The van der Waals surface area contributed by atoms with E-state index in [9.17, 15) is 0 Å². The summed E-state index contributed by atoms with van der Waals surface area (Å²) in [6, 6.07) is 8.65. The molecule has 0 aliphatic carbocycles. The lowest BCUT2D eigenvalue weighted by Gasteiger charge is -2.17. The zero-order valence-corrected chi connectivity index (χ0v) is 10.2. The van der Waals surface area contributed by atoms with Gasteiger partial charge in [0, 0.05) is 6.04 Å². The van der Waals surface area contributed by atoms with E-state index in [4.69, 9.17) is 10.5 Å². The molecule has 0 bridgehead atoms. The summed E-state index contributed by atoms with van der Waals surface area (Å²) in [5.41, 5.74) is 6.78. The average molecular weight is 222 g/mol. The molecule has 1 rings (SSSR count). The number of ether oxygens (including phenoxy) is 1. The van der Waals surface area contributed by atoms with Crippen molar-refractivity contribution in [2.45, 2.75) is 25.8 Å². The number of hydrogen-bond donors (Lipinski definition) is 2. The van der Waals surface area contributed by atoms with E-state index >= 15 is 0 Å². The van der Waals surface area contributed by atoms with Crippen LogP contribution in [0.4, 0.5) is 0 Å². The van der Waals surface area contributed by atoms with Crippen molar-refractivity contribution in [3.8, 4) is 5.75 Å². The van der Waals surface area contributed by atoms with E-state index in [1.54, 1.807) is 7.11 Å². The maximum absolute atomic E-state index is 5.48. The Kier molecular flexibility index (Phi) is 5.90. The molecule has 0 saturated heterocycles. The molecule has 0 aromatic heterocycles. The molecule has 90 valence electrons. The van der Waals surface area contributed by atoms with Crippen LogP contribution in [0.1, 0.15) is 31.4 Å². The summed E-state index contributed by atoms with van der Waals surface area (Å²) in [5, 5.41) is 3.50. The Bertz CT molecular complexity index is 284. The van der Waals surface area contributed by atoms with Gasteiger partial charge in [-0.2, -0.15) is 0 Å². The first-order chi connectivity index (χ1) is 7.81. The molecular weight excluding hydrogens is 200 g/mol. The first-order valence-corrected chi connectivity index (χ1v) is 5.89. The van der Waals surface area contributed by atoms with Gasteiger partial charge in [-0.1, -0.05) is 19.1 Å². The van der Waals surface area contributed by atoms with E-state index in [1.807, 2.05) is 12.1 Å². The van der Waals surface area contributed by atoms with Crippen LogP contribution in [0.5, 0.6) is 5.75 Å². The van der Waals surface area contributed by atoms with Crippen molar-refractivity contribution < 1.29 is 4.74 Å². The minimum Gasteiger partial charge on any atom is -0.497 e. The van der Waals surface area contributed by atoms with Crippen LogP contribution in [0, 0.1) is 0 Å². The number of methoxy groups -OCH3 is 1. The highest BCUT2D eigenvalue weighted by Crippen LogP contribution is 2.19. The Hall–Kier alpha value is -1.06. The summed E-state index contributed by atoms with van der Waals surface area (Å²) in [4.78, 5) is 0. The number of hydrogen-bond acceptors (Lipinski definition) is 3. The SMILES string of the molecule is CCC(NCCCN)c1ccc(OC)cc1. The molecule has 0 spiro atoms. The largest absolute Gasteiger partial charge is 0.497 e. The Labute approximate surface area is 98.0 Å². The van der Waals surface area contributed by atoms with E-state index in [-0.39, 0.29) is 0 Å². The van der Waals surface area contributed by atoms with Crippen LogP contribution >= 0.6 is 0 Å². The molecule has 0 saturated carbocycles. The number of nitrogens with one attached hydrogen (secondary N) is 1. The van der Waals surface area contributed by atoms with Crippen LogP contribution in [0.2, 0.25) is 0 Å². The molecule has 0 aliphatic heterocycles. The molecule has 0 aliphatic rings. The third kappa shape index (κ3) is 3.83. The number of benzene rings is 1.